The number of amides is 1. The summed E-state index contributed by atoms with van der Waals surface area (Å²) in [6.07, 6.45) is -0.515. The van der Waals surface area contributed by atoms with Crippen LogP contribution < -0.4 is 5.32 Å². The van der Waals surface area contributed by atoms with Gasteiger partial charge in [-0.15, -0.1) is 0 Å². The summed E-state index contributed by atoms with van der Waals surface area (Å²) >= 11 is 0. The predicted molar refractivity (Wildman–Crippen MR) is 121 cm³/mol. The van der Waals surface area contributed by atoms with Crippen LogP contribution in [-0.4, -0.2) is 27.9 Å². The summed E-state index contributed by atoms with van der Waals surface area (Å²) < 4.78 is 5.51. The Kier molecular flexibility index (Phi) is 5.80. The lowest BCUT2D eigenvalue weighted by molar-refractivity contribution is -0.124. The molecule has 0 aliphatic heterocycles. The molecule has 0 aliphatic carbocycles. The molecule has 6 heteroatoms. The number of benzene rings is 3. The number of rotatable bonds is 6. The van der Waals surface area contributed by atoms with Gasteiger partial charge >= 0.3 is 5.97 Å². The monoisotopic (exact) mass is 413 g/mol. The minimum Gasteiger partial charge on any atom is -0.449 e. The smallest absolute Gasteiger partial charge is 0.338 e. The molecule has 6 nitrogen and oxygen atoms in total. The standard InChI is InChI=1S/C25H23N3O3/c1-3-22(24(29)26-19-11-7-8-16(2)14-19)31-25(30)18-12-13-20-21(15-18)28-23(27-20)17-9-5-4-6-10-17/h4-15,22H,3H2,1-2H3,(H,26,29)(H,27,28). The molecule has 1 aromatic heterocycles. The zero-order valence-corrected chi connectivity index (χ0v) is 17.4. The maximum absolute atomic E-state index is 12.7. The minimum absolute atomic E-state index is 0.351. The molecule has 4 rings (SSSR count). The number of esters is 1. The van der Waals surface area contributed by atoms with Crippen LogP contribution in [0.15, 0.2) is 72.8 Å². The van der Waals surface area contributed by atoms with E-state index in [2.05, 4.69) is 15.3 Å². The van der Waals surface area contributed by atoms with E-state index in [4.69, 9.17) is 4.74 Å². The van der Waals surface area contributed by atoms with Crippen LogP contribution in [0.25, 0.3) is 22.4 Å². The summed E-state index contributed by atoms with van der Waals surface area (Å²) in [6, 6.07) is 22.4. The van der Waals surface area contributed by atoms with Crippen molar-refractivity contribution in [3.63, 3.8) is 0 Å². The highest BCUT2D eigenvalue weighted by molar-refractivity contribution is 5.99. The fraction of sp³-hybridized carbons (Fsp3) is 0.160. The first-order valence-corrected chi connectivity index (χ1v) is 10.2. The molecule has 1 unspecified atom stereocenters. The van der Waals surface area contributed by atoms with Gasteiger partial charge in [0, 0.05) is 11.3 Å². The third kappa shape index (κ3) is 4.64. The second-order valence-electron chi connectivity index (χ2n) is 7.34. The number of anilines is 1. The van der Waals surface area contributed by atoms with Crippen LogP contribution in [0, 0.1) is 6.92 Å². The first-order valence-electron chi connectivity index (χ1n) is 10.2. The number of hydrogen-bond acceptors (Lipinski definition) is 4. The third-order valence-electron chi connectivity index (χ3n) is 4.96. The molecule has 1 amide bonds. The van der Waals surface area contributed by atoms with Crippen molar-refractivity contribution in [3.8, 4) is 11.4 Å². The van der Waals surface area contributed by atoms with Crippen LogP contribution in [0.2, 0.25) is 0 Å². The first-order chi connectivity index (χ1) is 15.0. The highest BCUT2D eigenvalue weighted by atomic mass is 16.5. The molecule has 1 atom stereocenters. The Labute approximate surface area is 180 Å². The third-order valence-corrected chi connectivity index (χ3v) is 4.96. The van der Waals surface area contributed by atoms with Gasteiger partial charge in [0.1, 0.15) is 5.82 Å². The molecular weight excluding hydrogens is 390 g/mol. The topological polar surface area (TPSA) is 84.1 Å². The zero-order valence-electron chi connectivity index (χ0n) is 17.4. The number of aryl methyl sites for hydroxylation is 1. The maximum atomic E-state index is 12.7. The number of carbonyl (C=O) groups excluding carboxylic acids is 2. The Morgan fingerprint density at radius 1 is 1.03 bits per heavy atom. The van der Waals surface area contributed by atoms with Crippen molar-refractivity contribution in [2.45, 2.75) is 26.4 Å². The van der Waals surface area contributed by atoms with E-state index in [9.17, 15) is 9.59 Å². The fourth-order valence-electron chi connectivity index (χ4n) is 3.33. The number of fused-ring (bicyclic) bond motifs is 1. The summed E-state index contributed by atoms with van der Waals surface area (Å²) in [5.74, 6) is -0.176. The summed E-state index contributed by atoms with van der Waals surface area (Å²) in [4.78, 5) is 33.1. The van der Waals surface area contributed by atoms with Crippen molar-refractivity contribution in [1.29, 1.82) is 0 Å². The van der Waals surface area contributed by atoms with Crippen molar-refractivity contribution in [1.82, 2.24) is 9.97 Å². The Hall–Kier alpha value is -3.93. The number of hydrogen-bond donors (Lipinski definition) is 2. The predicted octanol–water partition coefficient (Wildman–Crippen LogP) is 5.11. The lowest BCUT2D eigenvalue weighted by Crippen LogP contribution is -2.32. The number of H-pyrrole nitrogens is 1. The molecule has 0 saturated heterocycles. The Bertz CT molecular complexity index is 1230. The molecule has 0 fully saturated rings. The second-order valence-corrected chi connectivity index (χ2v) is 7.34. The molecule has 156 valence electrons. The molecule has 1 heterocycles. The number of nitrogens with zero attached hydrogens (tertiary/aromatic N) is 1. The molecular formula is C25H23N3O3. The number of carbonyl (C=O) groups is 2. The van der Waals surface area contributed by atoms with Crippen molar-refractivity contribution >= 4 is 28.6 Å². The van der Waals surface area contributed by atoms with Gasteiger partial charge in [-0.25, -0.2) is 9.78 Å². The highest BCUT2D eigenvalue weighted by Gasteiger charge is 2.22. The molecule has 3 aromatic carbocycles. The van der Waals surface area contributed by atoms with Crippen molar-refractivity contribution in [2.75, 3.05) is 5.32 Å². The van der Waals surface area contributed by atoms with Crippen LogP contribution in [0.3, 0.4) is 0 Å². The van der Waals surface area contributed by atoms with Gasteiger partial charge in [0.25, 0.3) is 5.91 Å². The molecule has 0 saturated carbocycles. The van der Waals surface area contributed by atoms with Gasteiger partial charge in [-0.3, -0.25) is 4.79 Å². The maximum Gasteiger partial charge on any atom is 0.338 e. The van der Waals surface area contributed by atoms with Crippen LogP contribution in [-0.2, 0) is 9.53 Å². The van der Waals surface area contributed by atoms with Crippen molar-refractivity contribution < 1.29 is 14.3 Å². The first kappa shape index (κ1) is 20.3. The molecule has 0 radical (unpaired) electrons. The molecule has 0 aliphatic rings. The number of ether oxygens (including phenoxy) is 1. The van der Waals surface area contributed by atoms with Gasteiger partial charge in [0.15, 0.2) is 6.10 Å². The SMILES string of the molecule is CCC(OC(=O)c1ccc2nc(-c3ccccc3)[nH]c2c1)C(=O)Nc1cccc(C)c1. The Morgan fingerprint density at radius 2 is 1.84 bits per heavy atom. The van der Waals surface area contributed by atoms with Crippen molar-refractivity contribution in [2.24, 2.45) is 0 Å². The zero-order chi connectivity index (χ0) is 21.8. The van der Waals surface area contributed by atoms with Crippen LogP contribution in [0.1, 0.15) is 29.3 Å². The normalized spacial score (nSPS) is 11.8. The van der Waals surface area contributed by atoms with E-state index in [0.717, 1.165) is 28.0 Å². The van der Waals surface area contributed by atoms with Crippen molar-refractivity contribution in [3.05, 3.63) is 83.9 Å². The van der Waals surface area contributed by atoms with Gasteiger partial charge in [-0.05, 0) is 49.2 Å². The Morgan fingerprint density at radius 3 is 2.58 bits per heavy atom. The van der Waals surface area contributed by atoms with E-state index < -0.39 is 12.1 Å². The molecule has 0 bridgehead atoms. The molecule has 4 aromatic rings. The second kappa shape index (κ2) is 8.83. The lowest BCUT2D eigenvalue weighted by atomic mass is 10.2. The average molecular weight is 413 g/mol. The largest absolute Gasteiger partial charge is 0.449 e. The summed E-state index contributed by atoms with van der Waals surface area (Å²) in [7, 11) is 0. The van der Waals surface area contributed by atoms with Crippen LogP contribution >= 0.6 is 0 Å². The molecule has 2 N–H and O–H groups in total. The van der Waals surface area contributed by atoms with E-state index in [1.165, 1.54) is 0 Å². The molecule has 31 heavy (non-hydrogen) atoms. The van der Waals surface area contributed by atoms with E-state index in [-0.39, 0.29) is 5.91 Å². The van der Waals surface area contributed by atoms with Gasteiger partial charge < -0.3 is 15.0 Å². The Balaban J connectivity index is 1.49. The highest BCUT2D eigenvalue weighted by Crippen LogP contribution is 2.22. The number of aromatic nitrogens is 2. The number of aromatic amines is 1. The summed E-state index contributed by atoms with van der Waals surface area (Å²) in [5, 5.41) is 2.81. The van der Waals surface area contributed by atoms with E-state index in [0.29, 0.717) is 17.7 Å². The summed E-state index contributed by atoms with van der Waals surface area (Å²) in [6.45, 7) is 3.75. The van der Waals surface area contributed by atoms with E-state index >= 15 is 0 Å². The van der Waals surface area contributed by atoms with Crippen LogP contribution in [0.4, 0.5) is 5.69 Å². The lowest BCUT2D eigenvalue weighted by Gasteiger charge is -2.16. The van der Waals surface area contributed by atoms with E-state index in [1.54, 1.807) is 31.2 Å². The van der Waals surface area contributed by atoms with Gasteiger partial charge in [0.2, 0.25) is 0 Å². The minimum atomic E-state index is -0.884. The van der Waals surface area contributed by atoms with Gasteiger partial charge in [0.05, 0.1) is 16.6 Å². The van der Waals surface area contributed by atoms with Crippen LogP contribution in [0.5, 0.6) is 0 Å². The summed E-state index contributed by atoms with van der Waals surface area (Å²) in [5.41, 5.74) is 4.50. The fourth-order valence-corrected chi connectivity index (χ4v) is 3.33. The number of imidazole rings is 1. The van der Waals surface area contributed by atoms with Gasteiger partial charge in [-0.2, -0.15) is 0 Å². The molecule has 0 spiro atoms. The van der Waals surface area contributed by atoms with E-state index in [1.807, 2.05) is 55.5 Å². The van der Waals surface area contributed by atoms with Gasteiger partial charge in [-0.1, -0.05) is 49.4 Å². The quantitative estimate of drug-likeness (QED) is 0.430. The average Bonchev–Trinajstić information content (AvgIpc) is 3.21. The number of nitrogens with one attached hydrogen (secondary N) is 2.